The quantitative estimate of drug-likeness (QED) is 0.860. The van der Waals surface area contributed by atoms with Gasteiger partial charge in [-0.2, -0.15) is 11.8 Å². The van der Waals surface area contributed by atoms with Crippen LogP contribution >= 0.6 is 11.8 Å². The Morgan fingerprint density at radius 2 is 2.06 bits per heavy atom. The van der Waals surface area contributed by atoms with Gasteiger partial charge in [-0.1, -0.05) is 27.7 Å². The van der Waals surface area contributed by atoms with Crippen LogP contribution in [0.5, 0.6) is 0 Å². The van der Waals surface area contributed by atoms with E-state index in [1.807, 2.05) is 27.7 Å². The fourth-order valence-corrected chi connectivity index (χ4v) is 1.93. The summed E-state index contributed by atoms with van der Waals surface area (Å²) in [4.78, 5) is 0. The number of hydrogen-bond acceptors (Lipinski definition) is 5. The number of aliphatic hydroxyl groups excluding tert-OH is 1. The fraction of sp³-hybridized carbons (Fsp3) is 0.818. The molecular formula is C11H20N2O2S. The largest absolute Gasteiger partial charge is 0.424 e. The Bertz CT molecular complexity index is 320. The van der Waals surface area contributed by atoms with E-state index in [0.717, 1.165) is 5.75 Å². The normalized spacial score (nSPS) is 14.1. The molecule has 0 spiro atoms. The third-order valence-electron chi connectivity index (χ3n) is 2.05. The summed E-state index contributed by atoms with van der Waals surface area (Å²) >= 11 is 1.71. The van der Waals surface area contributed by atoms with Crippen LogP contribution in [0.1, 0.15) is 39.5 Å². The van der Waals surface area contributed by atoms with Crippen molar-refractivity contribution in [2.24, 2.45) is 5.92 Å². The molecular weight excluding hydrogens is 224 g/mol. The van der Waals surface area contributed by atoms with Gasteiger partial charge in [-0.05, 0) is 11.7 Å². The molecule has 92 valence electrons. The van der Waals surface area contributed by atoms with Gasteiger partial charge >= 0.3 is 0 Å². The Balaban J connectivity index is 2.41. The highest BCUT2D eigenvalue weighted by Gasteiger charge is 2.21. The Morgan fingerprint density at radius 1 is 1.38 bits per heavy atom. The van der Waals surface area contributed by atoms with Gasteiger partial charge < -0.3 is 9.52 Å². The molecule has 4 nitrogen and oxygen atoms in total. The van der Waals surface area contributed by atoms with E-state index in [1.54, 1.807) is 11.8 Å². The summed E-state index contributed by atoms with van der Waals surface area (Å²) in [7, 11) is 0. The maximum absolute atomic E-state index is 8.88. The molecule has 0 saturated heterocycles. The SMILES string of the molecule is C[C@@H](CO)CSCc1nnc(C(C)(C)C)o1. The molecule has 5 heteroatoms. The van der Waals surface area contributed by atoms with E-state index in [2.05, 4.69) is 10.2 Å². The van der Waals surface area contributed by atoms with Crippen LogP contribution in [-0.2, 0) is 11.2 Å². The Morgan fingerprint density at radius 3 is 2.56 bits per heavy atom. The standard InChI is InChI=1S/C11H20N2O2S/c1-8(5-14)6-16-7-9-12-13-10(15-9)11(2,3)4/h8,14H,5-7H2,1-4H3/t8-/m0/s1. The molecule has 1 N–H and O–H groups in total. The fourth-order valence-electron chi connectivity index (χ4n) is 1.02. The number of thioether (sulfide) groups is 1. The lowest BCUT2D eigenvalue weighted by molar-refractivity contribution is 0.250. The zero-order chi connectivity index (χ0) is 12.2. The third kappa shape index (κ3) is 4.14. The van der Waals surface area contributed by atoms with Crippen LogP contribution in [0.25, 0.3) is 0 Å². The number of aromatic nitrogens is 2. The second kappa shape index (κ2) is 5.68. The number of hydrogen-bond donors (Lipinski definition) is 1. The van der Waals surface area contributed by atoms with Crippen LogP contribution in [0, 0.1) is 5.92 Å². The van der Waals surface area contributed by atoms with Crippen molar-refractivity contribution >= 4 is 11.8 Å². The molecule has 0 saturated carbocycles. The Hall–Kier alpha value is -0.550. The minimum atomic E-state index is -0.0890. The number of nitrogens with zero attached hydrogens (tertiary/aromatic N) is 2. The van der Waals surface area contributed by atoms with Crippen LogP contribution in [0.15, 0.2) is 4.42 Å². The maximum Gasteiger partial charge on any atom is 0.226 e. The second-order valence-corrected chi connectivity index (χ2v) is 6.08. The van der Waals surface area contributed by atoms with Crippen molar-refractivity contribution in [3.63, 3.8) is 0 Å². The molecule has 0 aliphatic carbocycles. The van der Waals surface area contributed by atoms with E-state index < -0.39 is 0 Å². The summed E-state index contributed by atoms with van der Waals surface area (Å²) in [6.45, 7) is 8.38. The zero-order valence-corrected chi connectivity index (χ0v) is 11.2. The van der Waals surface area contributed by atoms with Crippen LogP contribution in [-0.4, -0.2) is 27.7 Å². The molecule has 0 bridgehead atoms. The summed E-state index contributed by atoms with van der Waals surface area (Å²) < 4.78 is 5.56. The van der Waals surface area contributed by atoms with Gasteiger partial charge in [-0.15, -0.1) is 10.2 Å². The highest BCUT2D eigenvalue weighted by atomic mass is 32.2. The van der Waals surface area contributed by atoms with Gasteiger partial charge in [0.1, 0.15) is 0 Å². The Kier molecular flexibility index (Phi) is 4.80. The van der Waals surface area contributed by atoms with E-state index in [4.69, 9.17) is 9.52 Å². The molecule has 0 amide bonds. The summed E-state index contributed by atoms with van der Waals surface area (Å²) in [6, 6.07) is 0. The number of aliphatic hydroxyl groups is 1. The van der Waals surface area contributed by atoms with Gasteiger partial charge in [-0.3, -0.25) is 0 Å². The van der Waals surface area contributed by atoms with Crippen molar-refractivity contribution < 1.29 is 9.52 Å². The second-order valence-electron chi connectivity index (χ2n) is 5.05. The lowest BCUT2D eigenvalue weighted by atomic mass is 9.97. The number of rotatable bonds is 5. The zero-order valence-electron chi connectivity index (χ0n) is 10.4. The molecule has 1 aromatic rings. The Labute approximate surface area is 101 Å². The predicted octanol–water partition coefficient (Wildman–Crippen LogP) is 2.23. The van der Waals surface area contributed by atoms with Crippen LogP contribution in [0.2, 0.25) is 0 Å². The van der Waals surface area contributed by atoms with E-state index in [9.17, 15) is 0 Å². The average Bonchev–Trinajstić information content (AvgIpc) is 2.65. The lowest BCUT2D eigenvalue weighted by Gasteiger charge is -2.11. The van der Waals surface area contributed by atoms with Crippen LogP contribution in [0.4, 0.5) is 0 Å². The summed E-state index contributed by atoms with van der Waals surface area (Å²) in [5.41, 5.74) is -0.0890. The van der Waals surface area contributed by atoms with Crippen molar-refractivity contribution in [3.8, 4) is 0 Å². The van der Waals surface area contributed by atoms with Crippen LogP contribution < -0.4 is 0 Å². The van der Waals surface area contributed by atoms with Gasteiger partial charge in [0.25, 0.3) is 0 Å². The third-order valence-corrected chi connectivity index (χ3v) is 3.30. The summed E-state index contributed by atoms with van der Waals surface area (Å²) in [6.07, 6.45) is 0. The minimum Gasteiger partial charge on any atom is -0.424 e. The minimum absolute atomic E-state index is 0.0890. The van der Waals surface area contributed by atoms with E-state index in [-0.39, 0.29) is 12.0 Å². The molecule has 1 atom stereocenters. The molecule has 1 rings (SSSR count). The molecule has 0 aliphatic heterocycles. The van der Waals surface area contributed by atoms with Crippen LogP contribution in [0.3, 0.4) is 0 Å². The first-order chi connectivity index (χ1) is 7.43. The van der Waals surface area contributed by atoms with Gasteiger partial charge in [0.15, 0.2) is 0 Å². The predicted molar refractivity (Wildman–Crippen MR) is 65.4 cm³/mol. The highest BCUT2D eigenvalue weighted by molar-refractivity contribution is 7.98. The first-order valence-corrected chi connectivity index (χ1v) is 6.60. The van der Waals surface area contributed by atoms with Gasteiger partial charge in [-0.25, -0.2) is 0 Å². The molecule has 1 aromatic heterocycles. The smallest absolute Gasteiger partial charge is 0.226 e. The molecule has 0 unspecified atom stereocenters. The lowest BCUT2D eigenvalue weighted by Crippen LogP contribution is -2.11. The molecule has 0 aromatic carbocycles. The molecule has 1 heterocycles. The monoisotopic (exact) mass is 244 g/mol. The van der Waals surface area contributed by atoms with Crippen molar-refractivity contribution in [1.29, 1.82) is 0 Å². The van der Waals surface area contributed by atoms with Gasteiger partial charge in [0.2, 0.25) is 11.8 Å². The topological polar surface area (TPSA) is 59.2 Å². The average molecular weight is 244 g/mol. The summed E-state index contributed by atoms with van der Waals surface area (Å²) in [5.74, 6) is 3.28. The molecule has 0 radical (unpaired) electrons. The first kappa shape index (κ1) is 13.5. The van der Waals surface area contributed by atoms with Crippen molar-refractivity contribution in [1.82, 2.24) is 10.2 Å². The summed E-state index contributed by atoms with van der Waals surface area (Å²) in [5, 5.41) is 16.9. The first-order valence-electron chi connectivity index (χ1n) is 5.45. The van der Waals surface area contributed by atoms with Crippen molar-refractivity contribution in [2.45, 2.75) is 38.9 Å². The molecule has 16 heavy (non-hydrogen) atoms. The van der Waals surface area contributed by atoms with E-state index in [0.29, 0.717) is 23.5 Å². The maximum atomic E-state index is 8.88. The van der Waals surface area contributed by atoms with E-state index in [1.165, 1.54) is 0 Å². The highest BCUT2D eigenvalue weighted by Crippen LogP contribution is 2.22. The van der Waals surface area contributed by atoms with Gasteiger partial charge in [0.05, 0.1) is 5.75 Å². The molecule has 0 fully saturated rings. The van der Waals surface area contributed by atoms with Gasteiger partial charge in [0, 0.05) is 12.0 Å². The van der Waals surface area contributed by atoms with E-state index >= 15 is 0 Å². The van der Waals surface area contributed by atoms with Crippen molar-refractivity contribution in [3.05, 3.63) is 11.8 Å². The van der Waals surface area contributed by atoms with Crippen molar-refractivity contribution in [2.75, 3.05) is 12.4 Å². The molecule has 0 aliphatic rings.